The van der Waals surface area contributed by atoms with Gasteiger partial charge in [0.15, 0.2) is 0 Å². The van der Waals surface area contributed by atoms with Crippen molar-refractivity contribution in [1.29, 1.82) is 0 Å². The van der Waals surface area contributed by atoms with Crippen LogP contribution in [0.15, 0.2) is 78.0 Å². The van der Waals surface area contributed by atoms with Crippen molar-refractivity contribution in [2.24, 2.45) is 0 Å². The predicted octanol–water partition coefficient (Wildman–Crippen LogP) is 4.23. The number of carbonyl (C=O) groups excluding carboxylic acids is 1. The summed E-state index contributed by atoms with van der Waals surface area (Å²) >= 11 is 0. The number of nitrogens with zero attached hydrogens (tertiary/aromatic N) is 1. The molecule has 29 heavy (non-hydrogen) atoms. The van der Waals surface area contributed by atoms with Crippen LogP contribution in [-0.2, 0) is 21.2 Å². The number of benzene rings is 2. The number of rotatable bonds is 7. The lowest BCUT2D eigenvalue weighted by molar-refractivity contribution is 0.0470. The first-order valence-electron chi connectivity index (χ1n) is 8.33. The van der Waals surface area contributed by atoms with Crippen molar-refractivity contribution < 1.29 is 31.5 Å². The molecule has 2 aromatic carbocycles. The number of aromatic nitrogens is 1. The Labute approximate surface area is 165 Å². The summed E-state index contributed by atoms with van der Waals surface area (Å²) in [5.41, 5.74) is 0.630. The van der Waals surface area contributed by atoms with Crippen LogP contribution in [0, 0.1) is 0 Å². The Morgan fingerprint density at radius 3 is 2.38 bits per heavy atom. The molecule has 3 rings (SSSR count). The summed E-state index contributed by atoms with van der Waals surface area (Å²) in [6.45, 7) is -0.105. The number of sulfone groups is 1. The van der Waals surface area contributed by atoms with Gasteiger partial charge in [-0.2, -0.15) is 8.78 Å². The van der Waals surface area contributed by atoms with E-state index in [-0.39, 0.29) is 12.2 Å². The van der Waals surface area contributed by atoms with Crippen molar-refractivity contribution >= 4 is 15.8 Å². The van der Waals surface area contributed by atoms with E-state index < -0.39 is 26.5 Å². The van der Waals surface area contributed by atoms with Gasteiger partial charge >= 0.3 is 11.7 Å². The highest BCUT2D eigenvalue weighted by molar-refractivity contribution is 7.91. The molecule has 1 aromatic heterocycles. The van der Waals surface area contributed by atoms with E-state index in [0.717, 1.165) is 24.3 Å². The first-order valence-corrected chi connectivity index (χ1v) is 9.87. The van der Waals surface area contributed by atoms with E-state index in [1.54, 1.807) is 42.6 Å². The third kappa shape index (κ3) is 4.94. The van der Waals surface area contributed by atoms with Gasteiger partial charge in [0.25, 0.3) is 0 Å². The van der Waals surface area contributed by atoms with E-state index in [9.17, 15) is 22.0 Å². The molecule has 3 aromatic rings. The Morgan fingerprint density at radius 2 is 1.72 bits per heavy atom. The average Bonchev–Trinajstić information content (AvgIpc) is 2.73. The topological polar surface area (TPSA) is 82.6 Å². The molecule has 1 heterocycles. The Bertz CT molecular complexity index is 1090. The Balaban J connectivity index is 1.68. The summed E-state index contributed by atoms with van der Waals surface area (Å²) in [6.07, 6.45) is 3.15. The van der Waals surface area contributed by atoms with Crippen LogP contribution < -0.4 is 4.74 Å². The summed E-state index contributed by atoms with van der Waals surface area (Å²) < 4.78 is 58.9. The first kappa shape index (κ1) is 20.4. The molecule has 0 fully saturated rings. The van der Waals surface area contributed by atoms with Gasteiger partial charge in [0.1, 0.15) is 18.1 Å². The monoisotopic (exact) mass is 419 g/mol. The summed E-state index contributed by atoms with van der Waals surface area (Å²) in [7, 11) is -4.72. The molecule has 0 aliphatic heterocycles. The Kier molecular flexibility index (Phi) is 6.18. The molecule has 0 aliphatic rings. The second-order valence-corrected chi connectivity index (χ2v) is 7.72. The maximum Gasteiger partial charge on any atom is 0.341 e. The highest BCUT2D eigenvalue weighted by Gasteiger charge is 2.26. The molecule has 0 spiro atoms. The van der Waals surface area contributed by atoms with E-state index in [0.29, 0.717) is 17.1 Å². The molecule has 9 heteroatoms. The number of alkyl halides is 2. The SMILES string of the molecule is O=C(OCc1ccccc1Oc1cccnc1)c1ccc(S(=O)(=O)C(F)F)cc1. The molecule has 6 nitrogen and oxygen atoms in total. The van der Waals surface area contributed by atoms with Crippen molar-refractivity contribution in [2.75, 3.05) is 0 Å². The second kappa shape index (κ2) is 8.78. The van der Waals surface area contributed by atoms with Crippen molar-refractivity contribution in [3.05, 3.63) is 84.2 Å². The number of pyridine rings is 1. The van der Waals surface area contributed by atoms with Crippen LogP contribution in [0.4, 0.5) is 8.78 Å². The second-order valence-electron chi connectivity index (χ2n) is 5.80. The minimum Gasteiger partial charge on any atom is -0.457 e. The molecule has 0 N–H and O–H groups in total. The lowest BCUT2D eigenvalue weighted by Crippen LogP contribution is -2.12. The van der Waals surface area contributed by atoms with Crippen molar-refractivity contribution in [2.45, 2.75) is 17.3 Å². The summed E-state index contributed by atoms with van der Waals surface area (Å²) in [5.74, 6) is -3.27. The van der Waals surface area contributed by atoms with Crippen molar-refractivity contribution in [3.8, 4) is 11.5 Å². The number of carbonyl (C=O) groups is 1. The molecule has 0 radical (unpaired) electrons. The van der Waals surface area contributed by atoms with E-state index in [2.05, 4.69) is 4.98 Å². The minimum absolute atomic E-state index is 0.0314. The quantitative estimate of drug-likeness (QED) is 0.533. The van der Waals surface area contributed by atoms with Gasteiger partial charge in [-0.15, -0.1) is 0 Å². The van der Waals surface area contributed by atoms with E-state index >= 15 is 0 Å². The van der Waals surface area contributed by atoms with Gasteiger partial charge in [-0.25, -0.2) is 13.2 Å². The molecule has 0 saturated heterocycles. The van der Waals surface area contributed by atoms with E-state index in [1.807, 2.05) is 0 Å². The van der Waals surface area contributed by atoms with Crippen LogP contribution in [-0.4, -0.2) is 25.1 Å². The summed E-state index contributed by atoms with van der Waals surface area (Å²) in [6, 6.07) is 14.5. The third-order valence-corrected chi connectivity index (χ3v) is 5.25. The number of para-hydroxylation sites is 1. The fraction of sp³-hybridized carbons (Fsp3) is 0.100. The maximum atomic E-state index is 12.6. The molecule has 150 valence electrons. The van der Waals surface area contributed by atoms with Gasteiger partial charge in [-0.05, 0) is 42.5 Å². The zero-order chi connectivity index (χ0) is 20.9. The minimum atomic E-state index is -4.72. The molecule has 0 unspecified atom stereocenters. The zero-order valence-corrected chi connectivity index (χ0v) is 15.7. The van der Waals surface area contributed by atoms with Gasteiger partial charge in [-0.1, -0.05) is 18.2 Å². The number of hydrogen-bond acceptors (Lipinski definition) is 6. The maximum absolute atomic E-state index is 12.6. The van der Waals surface area contributed by atoms with Gasteiger partial charge < -0.3 is 9.47 Å². The van der Waals surface area contributed by atoms with Crippen LogP contribution in [0.5, 0.6) is 11.5 Å². The van der Waals surface area contributed by atoms with Crippen LogP contribution in [0.25, 0.3) is 0 Å². The van der Waals surface area contributed by atoms with Crippen LogP contribution in [0.1, 0.15) is 15.9 Å². The fourth-order valence-electron chi connectivity index (χ4n) is 2.37. The lowest BCUT2D eigenvalue weighted by Gasteiger charge is -2.11. The van der Waals surface area contributed by atoms with Crippen molar-refractivity contribution in [3.63, 3.8) is 0 Å². The van der Waals surface area contributed by atoms with Crippen LogP contribution in [0.2, 0.25) is 0 Å². The van der Waals surface area contributed by atoms with Crippen LogP contribution >= 0.6 is 0 Å². The largest absolute Gasteiger partial charge is 0.457 e. The number of esters is 1. The summed E-state index contributed by atoms with van der Waals surface area (Å²) in [5, 5.41) is 0. The average molecular weight is 419 g/mol. The molecule has 0 aliphatic carbocycles. The lowest BCUT2D eigenvalue weighted by atomic mass is 10.2. The zero-order valence-electron chi connectivity index (χ0n) is 14.9. The number of ether oxygens (including phenoxy) is 2. The molecule has 0 saturated carbocycles. The van der Waals surface area contributed by atoms with Crippen LogP contribution in [0.3, 0.4) is 0 Å². The fourth-order valence-corrected chi connectivity index (χ4v) is 3.09. The van der Waals surface area contributed by atoms with Gasteiger partial charge in [0.2, 0.25) is 9.84 Å². The predicted molar refractivity (Wildman–Crippen MR) is 99.5 cm³/mol. The molecular weight excluding hydrogens is 404 g/mol. The standard InChI is InChI=1S/C20H15F2NO5S/c21-20(22)29(25,26)17-9-7-14(8-10-17)19(24)27-13-15-4-1-2-6-18(15)28-16-5-3-11-23-12-16/h1-12,20H,13H2. The molecular formula is C20H15F2NO5S. The number of halogens is 2. The molecule has 0 atom stereocenters. The smallest absolute Gasteiger partial charge is 0.341 e. The normalized spacial score (nSPS) is 11.3. The van der Waals surface area contributed by atoms with Gasteiger partial charge in [0.05, 0.1) is 16.7 Å². The van der Waals surface area contributed by atoms with Gasteiger partial charge in [-0.3, -0.25) is 4.98 Å². The third-order valence-electron chi connectivity index (χ3n) is 3.85. The Hall–Kier alpha value is -3.33. The summed E-state index contributed by atoms with van der Waals surface area (Å²) in [4.78, 5) is 15.6. The first-order chi connectivity index (χ1) is 13.9. The number of hydrogen-bond donors (Lipinski definition) is 0. The van der Waals surface area contributed by atoms with Crippen molar-refractivity contribution in [1.82, 2.24) is 4.98 Å². The highest BCUT2D eigenvalue weighted by atomic mass is 32.2. The Morgan fingerprint density at radius 1 is 1.00 bits per heavy atom. The van der Waals surface area contributed by atoms with E-state index in [4.69, 9.17) is 9.47 Å². The molecule has 0 amide bonds. The van der Waals surface area contributed by atoms with E-state index in [1.165, 1.54) is 6.20 Å². The highest BCUT2D eigenvalue weighted by Crippen LogP contribution is 2.25. The molecule has 0 bridgehead atoms. The van der Waals surface area contributed by atoms with Gasteiger partial charge in [0, 0.05) is 11.8 Å².